The molecule has 2 aromatic rings. The van der Waals surface area contributed by atoms with E-state index in [4.69, 9.17) is 22.6 Å². The fourth-order valence-electron chi connectivity index (χ4n) is 12.3. The molecule has 138 heavy (non-hydrogen) atoms. The van der Waals surface area contributed by atoms with Gasteiger partial charge in [-0.1, -0.05) is 99.4 Å². The number of nitrogens with zero attached hydrogens (tertiary/aromatic N) is 1. The lowest BCUT2D eigenvalue weighted by Gasteiger charge is -2.30. The van der Waals surface area contributed by atoms with Crippen LogP contribution in [0, 0.1) is 17.2 Å². The van der Waals surface area contributed by atoms with Crippen LogP contribution < -0.4 is 134 Å². The van der Waals surface area contributed by atoms with Crippen LogP contribution in [0.1, 0.15) is 117 Å². The van der Waals surface area contributed by atoms with Crippen LogP contribution in [0.2, 0.25) is 0 Å². The minimum absolute atomic E-state index is 0.0283. The first kappa shape index (κ1) is 118. The molecule has 1 fully saturated rings. The topological polar surface area (TPSA) is 869 Å². The Bertz CT molecular complexity index is 4490. The van der Waals surface area contributed by atoms with Crippen LogP contribution in [-0.2, 0) is 123 Å². The lowest BCUT2D eigenvalue weighted by molar-refractivity contribution is -0.142. The number of carboxylic acids is 1. The van der Waals surface area contributed by atoms with Crippen molar-refractivity contribution < 1.29 is 131 Å². The van der Waals surface area contributed by atoms with Gasteiger partial charge >= 0.3 is 5.97 Å². The van der Waals surface area contributed by atoms with Crippen molar-refractivity contribution in [3.8, 4) is 0 Å². The number of aliphatic hydroxyl groups excluding tert-OH is 3. The highest BCUT2D eigenvalue weighted by Gasteiger charge is 2.39. The number of imidazole rings is 1. The molecule has 0 bridgehead atoms. The zero-order chi connectivity index (χ0) is 103. The maximum Gasteiger partial charge on any atom is 0.305 e. The van der Waals surface area contributed by atoms with Gasteiger partial charge < -0.3 is 160 Å². The average molecular weight is 1990 g/mol. The third-order valence-corrected chi connectivity index (χ3v) is 22.8. The number of nitrogens with two attached hydrogens (primary N) is 3. The maximum absolute atomic E-state index is 14.8. The lowest BCUT2D eigenvalue weighted by Crippen LogP contribution is -2.62. The van der Waals surface area contributed by atoms with Crippen LogP contribution >= 0.6 is 21.6 Å². The van der Waals surface area contributed by atoms with Gasteiger partial charge in [-0.15, -0.1) is 0 Å². The van der Waals surface area contributed by atoms with E-state index >= 15 is 0 Å². The molecule has 0 saturated carbocycles. The van der Waals surface area contributed by atoms with Crippen LogP contribution in [0.25, 0.3) is 0 Å². The van der Waals surface area contributed by atoms with Crippen molar-refractivity contribution in [2.75, 3.05) is 103 Å². The van der Waals surface area contributed by atoms with E-state index in [1.54, 1.807) is 51.1 Å². The molecule has 1 aliphatic heterocycles. The molecule has 766 valence electrons. The number of carbonyl (C=O) groups excluding carboxylic acids is 22. The highest BCUT2D eigenvalue weighted by Crippen LogP contribution is 2.22. The van der Waals surface area contributed by atoms with Gasteiger partial charge in [0, 0.05) is 56.5 Å². The van der Waals surface area contributed by atoms with Gasteiger partial charge in [0.2, 0.25) is 130 Å². The van der Waals surface area contributed by atoms with Gasteiger partial charge in [0.15, 0.2) is 5.96 Å². The molecule has 14 atom stereocenters. The number of primary amides is 1. The Morgan fingerprint density at radius 3 is 1.38 bits per heavy atom. The second-order valence-corrected chi connectivity index (χ2v) is 33.9. The predicted octanol–water partition coefficient (Wildman–Crippen LogP) is -13.9. The van der Waals surface area contributed by atoms with Crippen LogP contribution in [-0.4, -0.2) is 348 Å². The quantitative estimate of drug-likeness (QED) is 0.0134. The number of unbranched alkanes of at least 4 members (excludes halogenated alkanes) is 1. The number of H-pyrrole nitrogens is 1. The van der Waals surface area contributed by atoms with E-state index in [1.807, 2.05) is 0 Å². The summed E-state index contributed by atoms with van der Waals surface area (Å²) < 4.78 is 0. The molecule has 1 saturated heterocycles. The van der Waals surface area contributed by atoms with Gasteiger partial charge in [-0.25, -0.2) is 4.98 Å². The summed E-state index contributed by atoms with van der Waals surface area (Å²) in [5.74, 6) is -26.8. The van der Waals surface area contributed by atoms with Gasteiger partial charge in [0.1, 0.15) is 72.5 Å². The number of aliphatic hydroxyl groups is 3. The molecule has 1 aromatic heterocycles. The number of carbonyl (C=O) groups is 23. The van der Waals surface area contributed by atoms with Gasteiger partial charge in [0.05, 0.1) is 90.6 Å². The molecule has 3 rings (SSSR count). The van der Waals surface area contributed by atoms with E-state index in [-0.39, 0.29) is 89.6 Å². The van der Waals surface area contributed by atoms with Crippen molar-refractivity contribution in [2.24, 2.45) is 29.0 Å². The Balaban J connectivity index is 2.10. The van der Waals surface area contributed by atoms with E-state index in [2.05, 4.69) is 127 Å². The number of rotatable bonds is 34. The number of amides is 22. The lowest BCUT2D eigenvalue weighted by atomic mass is 9.96. The zero-order valence-corrected chi connectivity index (χ0v) is 78.4. The smallest absolute Gasteiger partial charge is 0.305 e. The molecule has 1 aliphatic rings. The number of benzene rings is 1. The van der Waals surface area contributed by atoms with Crippen molar-refractivity contribution in [1.29, 1.82) is 5.41 Å². The molecular formula is C81H128N28O27S2. The van der Waals surface area contributed by atoms with Crippen LogP contribution in [0.15, 0.2) is 42.9 Å². The molecule has 57 heteroatoms. The largest absolute Gasteiger partial charge is 0.481 e. The normalized spacial score (nSPS) is 21.2. The number of aliphatic carboxylic acids is 1. The summed E-state index contributed by atoms with van der Waals surface area (Å²) in [5, 5.41) is 100. The molecule has 55 nitrogen and oxygen atoms in total. The minimum atomic E-state index is -2.03. The third kappa shape index (κ3) is 47.0. The van der Waals surface area contributed by atoms with Crippen LogP contribution in [0.4, 0.5) is 0 Å². The van der Waals surface area contributed by atoms with E-state index in [0.717, 1.165) is 21.6 Å². The van der Waals surface area contributed by atoms with Crippen molar-refractivity contribution >= 4 is 163 Å². The van der Waals surface area contributed by atoms with Crippen molar-refractivity contribution in [3.05, 3.63) is 54.1 Å². The van der Waals surface area contributed by atoms with Crippen molar-refractivity contribution in [2.45, 2.75) is 191 Å². The van der Waals surface area contributed by atoms with Gasteiger partial charge in [-0.3, -0.25) is 116 Å². The molecule has 14 unspecified atom stereocenters. The standard InChI is InChI=1S/C81H128N28O27S2/c1-6-42(4)67-79(135)96-35-64(121)94-34-63(120)93-33-62(119)92-32-61(118)91-31-60(117)90-30-59(116)89-29-58(115)87-23-24-137-138-40-55(107-77(133)54(39-112)106-76(132)53(38-111)105-75(131)52(37-110)104-73(129)50(99-57(114)8-3)26-45-28-86-41-97-45)78(134)102-49(25-44-15-10-9-11-16-44)69(125)95-36-65(122)98-48(19-20-56(83)113)70(126)100-46(17-12-13-21-82)71(127)109-68(43(5)7-2)80(136)103-51(27-66(123)124)74(130)101-47(72(128)108-67)18-14-22-88-81(84)85/h9-11,15-16,28,41-43,46-55,67-68,110-112H,6-8,12-14,17-27,29-40,82H2,1-5H3,(H2,83,113)(H,86,97)(H,87,115)(H,89,116)(H,90,117)(H,91,118)(H,92,119)(H,93,120)(H,94,121)(H,95,125)(H,96,135)(H,98,122)(H,99,114)(H,100,126)(H,101,130)(H,102,134)(H,103,136)(H,104,129)(H,105,131)(H,106,132)(H,107,133)(H,108,128)(H,109,127)(H,123,124)(H4,84,85,88). The fourth-order valence-corrected chi connectivity index (χ4v) is 14.3. The van der Waals surface area contributed by atoms with E-state index < -0.39 is 323 Å². The monoisotopic (exact) mass is 1990 g/mol. The molecule has 1 aromatic carbocycles. The Kier molecular flexibility index (Phi) is 55.6. The molecule has 0 radical (unpaired) electrons. The van der Waals surface area contributed by atoms with Gasteiger partial charge in [-0.05, 0) is 62.5 Å². The highest BCUT2D eigenvalue weighted by molar-refractivity contribution is 8.76. The first-order valence-electron chi connectivity index (χ1n) is 44.0. The molecule has 34 N–H and O–H groups in total. The summed E-state index contributed by atoms with van der Waals surface area (Å²) in [7, 11) is 1.86. The Morgan fingerprint density at radius 1 is 0.478 bits per heavy atom. The van der Waals surface area contributed by atoms with Crippen LogP contribution in [0.3, 0.4) is 0 Å². The Labute approximate surface area is 800 Å². The predicted molar refractivity (Wildman–Crippen MR) is 491 cm³/mol. The molecule has 0 aliphatic carbocycles. The number of hydrogen-bond acceptors (Lipinski definition) is 31. The number of nitrogens with one attached hydrogen (secondary N) is 24. The molecule has 0 spiro atoms. The SMILES string of the molecule is CCC(=O)NC(Cc1c[nH]cn1)C(=O)NC(CO)C(=O)NC(CO)C(=O)NC(CO)C(=O)NC1CSSCCNC(=O)CNC(=O)CNC(=O)CNC(=O)CNC(=O)CNC(=O)CNC(=O)CNC(=O)C(C(C)CC)NC(=O)C(CCCNC(=N)N)NC(=O)C(CC(=O)O)NC(=O)C(C(C)CC)NC(=O)C(CCCCN)NC(=O)C(CCC(N)=O)NC(=O)CNC(=O)C(Cc2ccccc2)NC1=O. The van der Waals surface area contributed by atoms with Crippen molar-refractivity contribution in [1.82, 2.24) is 127 Å². The van der Waals surface area contributed by atoms with E-state index in [0.29, 0.717) is 11.3 Å². The number of aromatic amines is 1. The third-order valence-electron chi connectivity index (χ3n) is 20.4. The van der Waals surface area contributed by atoms with Gasteiger partial charge in [-0.2, -0.15) is 0 Å². The highest BCUT2D eigenvalue weighted by atomic mass is 33.1. The van der Waals surface area contributed by atoms with Gasteiger partial charge in [0.25, 0.3) is 0 Å². The number of guanidine groups is 1. The summed E-state index contributed by atoms with van der Waals surface area (Å²) in [6, 6.07) is -12.9. The Morgan fingerprint density at radius 2 is 0.913 bits per heavy atom. The maximum atomic E-state index is 14.8. The van der Waals surface area contributed by atoms with Crippen LogP contribution in [0.5, 0.6) is 0 Å². The minimum Gasteiger partial charge on any atom is -0.481 e. The summed E-state index contributed by atoms with van der Waals surface area (Å²) in [5.41, 5.74) is 17.5. The summed E-state index contributed by atoms with van der Waals surface area (Å²) in [6.07, 6.45) is -0.00859. The summed E-state index contributed by atoms with van der Waals surface area (Å²) in [4.78, 5) is 317. The van der Waals surface area contributed by atoms with E-state index in [9.17, 15) is 131 Å². The number of hydrogen-bond donors (Lipinski definition) is 31. The zero-order valence-electron chi connectivity index (χ0n) is 76.8. The Hall–Kier alpha value is -13.9. The summed E-state index contributed by atoms with van der Waals surface area (Å²) in [6.45, 7) is -1.87. The first-order chi connectivity index (χ1) is 65.6. The molecule has 2 heterocycles. The first-order valence-corrected chi connectivity index (χ1v) is 46.5. The number of carboxylic acid groups (broad SMARTS) is 1. The average Bonchev–Trinajstić information content (AvgIpc) is 0.912. The van der Waals surface area contributed by atoms with E-state index in [1.165, 1.54) is 26.4 Å². The second-order valence-electron chi connectivity index (χ2n) is 31.3. The molecular weight excluding hydrogens is 1860 g/mol. The fraction of sp³-hybridized carbons (Fsp3) is 0.593. The number of aromatic nitrogens is 2. The molecule has 22 amide bonds. The second kappa shape index (κ2) is 64.9. The summed E-state index contributed by atoms with van der Waals surface area (Å²) >= 11 is 0. The van der Waals surface area contributed by atoms with Crippen molar-refractivity contribution in [3.63, 3.8) is 0 Å².